The van der Waals surface area contributed by atoms with E-state index in [4.69, 9.17) is 4.74 Å². The van der Waals surface area contributed by atoms with Gasteiger partial charge in [0.25, 0.3) is 0 Å². The van der Waals surface area contributed by atoms with E-state index < -0.39 is 12.5 Å². The van der Waals surface area contributed by atoms with E-state index in [-0.39, 0.29) is 11.4 Å². The molecule has 2 N–H and O–H groups in total. The average Bonchev–Trinajstić information content (AvgIpc) is 3.69. The van der Waals surface area contributed by atoms with Crippen molar-refractivity contribution in [2.24, 2.45) is 7.05 Å². The van der Waals surface area contributed by atoms with Gasteiger partial charge in [0.15, 0.2) is 5.75 Å². The Balaban J connectivity index is 1.31. The molecule has 224 valence electrons. The number of fused-ring (bicyclic) bond motifs is 1. The minimum atomic E-state index is -3.05. The molecule has 2 aromatic carbocycles. The number of rotatable bonds is 9. The SMILES string of the molecule is C=CC(=O)Nc1cc(Nc2cc(-c3ccc4cnn(C)c4c3)ncn2)c(OC(F)F)cc1N1CCC(N2CCCC2)CC1. The fourth-order valence-corrected chi connectivity index (χ4v) is 6.01. The molecule has 2 aliphatic heterocycles. The topological polar surface area (TPSA) is 100 Å². The molecule has 2 fully saturated rings. The summed E-state index contributed by atoms with van der Waals surface area (Å²) in [5.41, 5.74) is 3.73. The maximum atomic E-state index is 13.6. The van der Waals surface area contributed by atoms with Crippen LogP contribution in [0, 0.1) is 0 Å². The molecule has 6 rings (SSSR count). The molecule has 0 radical (unpaired) electrons. The Kier molecular flexibility index (Phi) is 8.19. The number of anilines is 4. The second-order valence-corrected chi connectivity index (χ2v) is 10.9. The van der Waals surface area contributed by atoms with Crippen molar-refractivity contribution in [2.75, 3.05) is 41.7 Å². The number of carbonyl (C=O) groups excluding carboxylic acids is 1. The number of aryl methyl sites for hydroxylation is 1. The quantitative estimate of drug-likeness (QED) is 0.245. The third-order valence-electron chi connectivity index (χ3n) is 8.19. The van der Waals surface area contributed by atoms with Crippen molar-refractivity contribution in [1.82, 2.24) is 24.6 Å². The molecule has 2 aliphatic rings. The molecule has 2 aromatic heterocycles. The standard InChI is InChI=1S/C31H34F2N8O2/c1-3-30(42)38-24-15-25(37-29-16-23(34-19-35-29)20-6-7-21-18-36-39(2)26(21)14-20)28(43-31(32)33)17-27(24)41-12-8-22(9-13-41)40-10-4-5-11-40/h3,6-7,14-19,22,31H,1,4-5,8-13H2,2H3,(H,38,42)(H,34,35,37). The lowest BCUT2D eigenvalue weighted by atomic mass is 10.0. The lowest BCUT2D eigenvalue weighted by Crippen LogP contribution is -2.44. The minimum absolute atomic E-state index is 0.0558. The molecule has 0 unspecified atom stereocenters. The van der Waals surface area contributed by atoms with Gasteiger partial charge >= 0.3 is 6.61 Å². The van der Waals surface area contributed by atoms with E-state index in [9.17, 15) is 13.6 Å². The molecule has 4 heterocycles. The number of hydrogen-bond acceptors (Lipinski definition) is 8. The number of nitrogens with zero attached hydrogens (tertiary/aromatic N) is 6. The van der Waals surface area contributed by atoms with Crippen LogP contribution in [0.1, 0.15) is 25.7 Å². The Bertz CT molecular complexity index is 1630. The smallest absolute Gasteiger partial charge is 0.387 e. The summed E-state index contributed by atoms with van der Waals surface area (Å²) in [5.74, 6) is -0.0920. The molecule has 0 aliphatic carbocycles. The number of aromatic nitrogens is 4. The molecule has 0 spiro atoms. The number of ether oxygens (including phenoxy) is 1. The molecule has 1 amide bonds. The van der Waals surface area contributed by atoms with Gasteiger partial charge < -0.3 is 25.2 Å². The summed E-state index contributed by atoms with van der Waals surface area (Å²) in [6, 6.07) is 11.3. The Morgan fingerprint density at radius 1 is 1.07 bits per heavy atom. The third-order valence-corrected chi connectivity index (χ3v) is 8.19. The first-order valence-corrected chi connectivity index (χ1v) is 14.4. The summed E-state index contributed by atoms with van der Waals surface area (Å²) in [6.07, 6.45) is 8.73. The van der Waals surface area contributed by atoms with Crippen molar-refractivity contribution in [3.05, 3.63) is 61.6 Å². The highest BCUT2D eigenvalue weighted by Crippen LogP contribution is 2.41. The Labute approximate surface area is 248 Å². The van der Waals surface area contributed by atoms with Gasteiger partial charge in [-0.05, 0) is 57.0 Å². The van der Waals surface area contributed by atoms with Crippen LogP contribution in [0.4, 0.5) is 31.7 Å². The monoisotopic (exact) mass is 588 g/mol. The predicted molar refractivity (Wildman–Crippen MR) is 163 cm³/mol. The highest BCUT2D eigenvalue weighted by Gasteiger charge is 2.28. The minimum Gasteiger partial charge on any atom is -0.433 e. The zero-order valence-corrected chi connectivity index (χ0v) is 24.0. The van der Waals surface area contributed by atoms with Crippen molar-refractivity contribution in [3.63, 3.8) is 0 Å². The van der Waals surface area contributed by atoms with Crippen LogP contribution in [0.5, 0.6) is 5.75 Å². The van der Waals surface area contributed by atoms with Crippen LogP contribution in [0.25, 0.3) is 22.2 Å². The number of hydrogen-bond donors (Lipinski definition) is 2. The van der Waals surface area contributed by atoms with Crippen LogP contribution < -0.4 is 20.3 Å². The van der Waals surface area contributed by atoms with Gasteiger partial charge in [-0.2, -0.15) is 13.9 Å². The lowest BCUT2D eigenvalue weighted by Gasteiger charge is -2.38. The number of carbonyl (C=O) groups is 1. The van der Waals surface area contributed by atoms with Crippen molar-refractivity contribution in [3.8, 4) is 17.0 Å². The van der Waals surface area contributed by atoms with Crippen LogP contribution >= 0.6 is 0 Å². The van der Waals surface area contributed by atoms with E-state index in [0.29, 0.717) is 28.9 Å². The third kappa shape index (κ3) is 6.29. The molecule has 2 saturated heterocycles. The van der Waals surface area contributed by atoms with Gasteiger partial charge in [0, 0.05) is 49.3 Å². The molecule has 12 heteroatoms. The molecule has 0 bridgehead atoms. The molecular formula is C31H34F2N8O2. The largest absolute Gasteiger partial charge is 0.433 e. The summed E-state index contributed by atoms with van der Waals surface area (Å²) >= 11 is 0. The molecule has 4 aromatic rings. The fraction of sp³-hybridized carbons (Fsp3) is 0.355. The number of benzene rings is 2. The van der Waals surface area contributed by atoms with E-state index in [1.807, 2.05) is 25.2 Å². The zero-order valence-electron chi connectivity index (χ0n) is 24.0. The van der Waals surface area contributed by atoms with Crippen molar-refractivity contribution in [1.29, 1.82) is 0 Å². The molecular weight excluding hydrogens is 554 g/mol. The summed E-state index contributed by atoms with van der Waals surface area (Å²) in [7, 11) is 1.87. The van der Waals surface area contributed by atoms with Crippen molar-refractivity contribution < 1.29 is 18.3 Å². The average molecular weight is 589 g/mol. The highest BCUT2D eigenvalue weighted by molar-refractivity contribution is 6.02. The summed E-state index contributed by atoms with van der Waals surface area (Å²) in [4.78, 5) is 25.8. The first-order chi connectivity index (χ1) is 20.9. The summed E-state index contributed by atoms with van der Waals surface area (Å²) in [5, 5.41) is 11.3. The van der Waals surface area contributed by atoms with Crippen LogP contribution in [0.3, 0.4) is 0 Å². The van der Waals surface area contributed by atoms with Crippen LogP contribution in [0.2, 0.25) is 0 Å². The lowest BCUT2D eigenvalue weighted by molar-refractivity contribution is -0.111. The van der Waals surface area contributed by atoms with E-state index >= 15 is 0 Å². The maximum absolute atomic E-state index is 13.6. The second-order valence-electron chi connectivity index (χ2n) is 10.9. The van der Waals surface area contributed by atoms with Crippen LogP contribution in [-0.2, 0) is 11.8 Å². The Hall–Kier alpha value is -4.58. The summed E-state index contributed by atoms with van der Waals surface area (Å²) in [6.45, 7) is 4.23. The maximum Gasteiger partial charge on any atom is 0.387 e. The number of halogens is 2. The highest BCUT2D eigenvalue weighted by atomic mass is 19.3. The van der Waals surface area contributed by atoms with Gasteiger partial charge in [-0.3, -0.25) is 9.48 Å². The van der Waals surface area contributed by atoms with Gasteiger partial charge in [-0.15, -0.1) is 0 Å². The number of nitrogens with one attached hydrogen (secondary N) is 2. The zero-order chi connectivity index (χ0) is 29.9. The van der Waals surface area contributed by atoms with Crippen LogP contribution in [-0.4, -0.2) is 69.4 Å². The first kappa shape index (κ1) is 28.5. The van der Waals surface area contributed by atoms with Gasteiger partial charge in [-0.25, -0.2) is 9.97 Å². The van der Waals surface area contributed by atoms with Crippen LogP contribution in [0.15, 0.2) is 61.6 Å². The molecule has 10 nitrogen and oxygen atoms in total. The fourth-order valence-electron chi connectivity index (χ4n) is 6.01. The first-order valence-electron chi connectivity index (χ1n) is 14.4. The van der Waals surface area contributed by atoms with Crippen molar-refractivity contribution >= 4 is 39.7 Å². The van der Waals surface area contributed by atoms with Gasteiger partial charge in [0.1, 0.15) is 12.1 Å². The second kappa shape index (κ2) is 12.3. The van der Waals surface area contributed by atoms with Gasteiger partial charge in [0.2, 0.25) is 5.91 Å². The Morgan fingerprint density at radius 2 is 1.86 bits per heavy atom. The van der Waals surface area contributed by atoms with Gasteiger partial charge in [0.05, 0.1) is 34.5 Å². The van der Waals surface area contributed by atoms with E-state index in [0.717, 1.165) is 55.5 Å². The number of amides is 1. The van der Waals surface area contributed by atoms with E-state index in [1.54, 1.807) is 29.1 Å². The van der Waals surface area contributed by atoms with Crippen molar-refractivity contribution in [2.45, 2.75) is 38.3 Å². The molecule has 0 atom stereocenters. The normalized spacial score (nSPS) is 16.1. The number of piperidine rings is 1. The molecule has 43 heavy (non-hydrogen) atoms. The Morgan fingerprint density at radius 3 is 2.60 bits per heavy atom. The summed E-state index contributed by atoms with van der Waals surface area (Å²) < 4.78 is 34.0. The number of alkyl halides is 2. The van der Waals surface area contributed by atoms with Gasteiger partial charge in [-0.1, -0.05) is 18.7 Å². The van der Waals surface area contributed by atoms with E-state index in [1.165, 1.54) is 25.2 Å². The van der Waals surface area contributed by atoms with E-state index in [2.05, 4.69) is 42.1 Å². The molecule has 0 saturated carbocycles. The number of likely N-dealkylation sites (tertiary alicyclic amines) is 1. The predicted octanol–water partition coefficient (Wildman–Crippen LogP) is 5.56.